The zero-order valence-electron chi connectivity index (χ0n) is 18.1. The van der Waals surface area contributed by atoms with Gasteiger partial charge in [-0.15, -0.1) is 10.2 Å². The summed E-state index contributed by atoms with van der Waals surface area (Å²) >= 11 is 4.43. The van der Waals surface area contributed by atoms with Crippen molar-refractivity contribution in [3.05, 3.63) is 58.6 Å². The Balaban J connectivity index is 1.71. The number of para-hydroxylation sites is 2. The van der Waals surface area contributed by atoms with Crippen LogP contribution < -0.4 is 14.8 Å². The number of nitrogens with zero attached hydrogens (tertiary/aromatic N) is 3. The topological polar surface area (TPSA) is 78.3 Å². The number of anilines is 1. The Labute approximate surface area is 198 Å². The number of rotatable bonds is 9. The molecule has 0 saturated heterocycles. The molecule has 1 heterocycles. The van der Waals surface area contributed by atoms with E-state index in [2.05, 4.69) is 31.4 Å². The zero-order chi connectivity index (χ0) is 23.3. The minimum absolute atomic E-state index is 0.0400. The summed E-state index contributed by atoms with van der Waals surface area (Å²) in [6.45, 7) is 5.89. The number of ether oxygens (including phenoxy) is 2. The Morgan fingerprint density at radius 2 is 1.91 bits per heavy atom. The molecule has 0 aliphatic rings. The Kier molecular flexibility index (Phi) is 8.14. The Morgan fingerprint density at radius 1 is 1.19 bits per heavy atom. The number of hydrogen-bond donors (Lipinski definition) is 1. The summed E-state index contributed by atoms with van der Waals surface area (Å²) in [7, 11) is 1.59. The second kappa shape index (κ2) is 10.8. The summed E-state index contributed by atoms with van der Waals surface area (Å²) in [6, 6.07) is 11.9. The molecule has 0 fully saturated rings. The Hall–Kier alpha value is -2.59. The third-order valence-corrected chi connectivity index (χ3v) is 5.92. The second-order valence-electron chi connectivity index (χ2n) is 7.18. The number of benzene rings is 2. The third-order valence-electron chi connectivity index (χ3n) is 4.48. The lowest BCUT2D eigenvalue weighted by Crippen LogP contribution is -2.17. The van der Waals surface area contributed by atoms with E-state index >= 15 is 0 Å². The van der Waals surface area contributed by atoms with Crippen LogP contribution in [0.5, 0.6) is 11.5 Å². The molecule has 32 heavy (non-hydrogen) atoms. The average molecular weight is 523 g/mol. The predicted molar refractivity (Wildman–Crippen MR) is 126 cm³/mol. The number of carbonyl (C=O) groups excluding carboxylic acids is 1. The molecule has 1 N–H and O–H groups in total. The fourth-order valence-electron chi connectivity index (χ4n) is 3.02. The minimum atomic E-state index is -0.507. The molecule has 7 nitrogen and oxygen atoms in total. The molecule has 3 aromatic rings. The van der Waals surface area contributed by atoms with Crippen LogP contribution in [0.4, 0.5) is 10.1 Å². The number of halogens is 2. The number of nitrogens with one attached hydrogen (secondary N) is 1. The lowest BCUT2D eigenvalue weighted by molar-refractivity contribution is -0.113. The highest BCUT2D eigenvalue weighted by atomic mass is 79.9. The number of methoxy groups -OCH3 is 1. The normalized spacial score (nSPS) is 12.0. The van der Waals surface area contributed by atoms with Crippen molar-refractivity contribution in [3.8, 4) is 11.5 Å². The monoisotopic (exact) mass is 522 g/mol. The number of carbonyl (C=O) groups is 1. The quantitative estimate of drug-likeness (QED) is 0.366. The van der Waals surface area contributed by atoms with Gasteiger partial charge in [-0.05, 0) is 51.1 Å². The maximum Gasteiger partial charge on any atom is 0.234 e. The molecule has 3 rings (SSSR count). The molecule has 1 unspecified atom stereocenters. The van der Waals surface area contributed by atoms with Gasteiger partial charge in [0.2, 0.25) is 5.91 Å². The van der Waals surface area contributed by atoms with Gasteiger partial charge in [-0.2, -0.15) is 0 Å². The summed E-state index contributed by atoms with van der Waals surface area (Å²) in [6.07, 6.45) is -0.402. The summed E-state index contributed by atoms with van der Waals surface area (Å²) < 4.78 is 27.9. The zero-order valence-corrected chi connectivity index (χ0v) is 20.5. The van der Waals surface area contributed by atoms with Crippen LogP contribution in [-0.2, 0) is 4.79 Å². The molecule has 170 valence electrons. The number of aromatic nitrogens is 3. The number of thioether (sulfide) groups is 1. The Bertz CT molecular complexity index is 1090. The molecule has 0 aliphatic carbocycles. The minimum Gasteiger partial charge on any atom is -0.493 e. The lowest BCUT2D eigenvalue weighted by atomic mass is 10.3. The number of amides is 1. The smallest absolute Gasteiger partial charge is 0.234 e. The first-order chi connectivity index (χ1) is 15.3. The number of hydrogen-bond acceptors (Lipinski definition) is 6. The van der Waals surface area contributed by atoms with E-state index in [1.165, 1.54) is 23.9 Å². The SMILES string of the molecule is COc1ccccc1OC(C)c1nnc(SCC(=O)Nc2ccc(Br)cc2F)n1C(C)C. The van der Waals surface area contributed by atoms with Crippen LogP contribution >= 0.6 is 27.7 Å². The van der Waals surface area contributed by atoms with Crippen molar-refractivity contribution < 1.29 is 18.7 Å². The molecular weight excluding hydrogens is 499 g/mol. The van der Waals surface area contributed by atoms with Gasteiger partial charge in [-0.25, -0.2) is 4.39 Å². The highest BCUT2D eigenvalue weighted by Crippen LogP contribution is 2.32. The van der Waals surface area contributed by atoms with Crippen molar-refractivity contribution in [1.29, 1.82) is 0 Å². The molecule has 0 saturated carbocycles. The second-order valence-corrected chi connectivity index (χ2v) is 9.03. The molecule has 0 spiro atoms. The van der Waals surface area contributed by atoms with Crippen LogP contribution in [0.25, 0.3) is 0 Å². The van der Waals surface area contributed by atoms with E-state index in [1.807, 2.05) is 49.6 Å². The maximum absolute atomic E-state index is 14.0. The van der Waals surface area contributed by atoms with Crippen molar-refractivity contribution in [2.45, 2.75) is 38.1 Å². The molecule has 10 heteroatoms. The molecule has 1 amide bonds. The van der Waals surface area contributed by atoms with E-state index in [0.717, 1.165) is 0 Å². The van der Waals surface area contributed by atoms with Gasteiger partial charge in [0.15, 0.2) is 28.6 Å². The van der Waals surface area contributed by atoms with Crippen LogP contribution in [-0.4, -0.2) is 33.5 Å². The van der Waals surface area contributed by atoms with E-state index in [4.69, 9.17) is 9.47 Å². The van der Waals surface area contributed by atoms with Crippen LogP contribution in [0, 0.1) is 5.82 Å². The van der Waals surface area contributed by atoms with Gasteiger partial charge < -0.3 is 19.4 Å². The average Bonchev–Trinajstić information content (AvgIpc) is 3.19. The van der Waals surface area contributed by atoms with E-state index in [-0.39, 0.29) is 23.4 Å². The predicted octanol–water partition coefficient (Wildman–Crippen LogP) is 5.64. The first-order valence-corrected chi connectivity index (χ1v) is 11.7. The summed E-state index contributed by atoms with van der Waals surface area (Å²) in [5.41, 5.74) is 0.128. The van der Waals surface area contributed by atoms with Crippen molar-refractivity contribution >= 4 is 39.3 Å². The van der Waals surface area contributed by atoms with Crippen LogP contribution in [0.3, 0.4) is 0 Å². The van der Waals surface area contributed by atoms with E-state index in [1.54, 1.807) is 13.2 Å². The van der Waals surface area contributed by atoms with Gasteiger partial charge in [-0.1, -0.05) is 39.8 Å². The summed E-state index contributed by atoms with van der Waals surface area (Å²) in [5.74, 6) is 1.07. The molecule has 1 aromatic heterocycles. The van der Waals surface area contributed by atoms with E-state index < -0.39 is 11.9 Å². The van der Waals surface area contributed by atoms with E-state index in [0.29, 0.717) is 27.0 Å². The standard InChI is InChI=1S/C22H24BrFN4O3S/c1-13(2)28-21(14(3)31-19-8-6-5-7-18(19)30-4)26-27-22(28)32-12-20(29)25-17-10-9-15(23)11-16(17)24/h5-11,13-14H,12H2,1-4H3,(H,25,29). The summed E-state index contributed by atoms with van der Waals surface area (Å²) in [4.78, 5) is 12.4. The largest absolute Gasteiger partial charge is 0.493 e. The van der Waals surface area contributed by atoms with Gasteiger partial charge in [-0.3, -0.25) is 4.79 Å². The molecule has 0 bridgehead atoms. The van der Waals surface area contributed by atoms with Gasteiger partial charge in [0.05, 0.1) is 18.6 Å². The first kappa shape index (κ1) is 24.1. The lowest BCUT2D eigenvalue weighted by Gasteiger charge is -2.19. The van der Waals surface area contributed by atoms with Gasteiger partial charge in [0.25, 0.3) is 0 Å². The van der Waals surface area contributed by atoms with Gasteiger partial charge in [0.1, 0.15) is 5.82 Å². The van der Waals surface area contributed by atoms with Crippen LogP contribution in [0.2, 0.25) is 0 Å². The van der Waals surface area contributed by atoms with Crippen molar-refractivity contribution in [2.24, 2.45) is 0 Å². The first-order valence-electron chi connectivity index (χ1n) is 9.92. The molecule has 1 atom stereocenters. The third kappa shape index (κ3) is 5.80. The fourth-order valence-corrected chi connectivity index (χ4v) is 4.22. The van der Waals surface area contributed by atoms with Gasteiger partial charge in [0, 0.05) is 10.5 Å². The molecule has 2 aromatic carbocycles. The summed E-state index contributed by atoms with van der Waals surface area (Å²) in [5, 5.41) is 11.7. The highest BCUT2D eigenvalue weighted by molar-refractivity contribution is 9.10. The van der Waals surface area contributed by atoms with Crippen molar-refractivity contribution in [2.75, 3.05) is 18.2 Å². The maximum atomic E-state index is 14.0. The van der Waals surface area contributed by atoms with Crippen molar-refractivity contribution in [3.63, 3.8) is 0 Å². The van der Waals surface area contributed by atoms with E-state index in [9.17, 15) is 9.18 Å². The highest BCUT2D eigenvalue weighted by Gasteiger charge is 2.23. The van der Waals surface area contributed by atoms with Crippen LogP contribution in [0.15, 0.2) is 52.1 Å². The van der Waals surface area contributed by atoms with Crippen molar-refractivity contribution in [1.82, 2.24) is 14.8 Å². The van der Waals surface area contributed by atoms with Gasteiger partial charge >= 0.3 is 0 Å². The van der Waals surface area contributed by atoms with Crippen LogP contribution in [0.1, 0.15) is 38.7 Å². The molecule has 0 radical (unpaired) electrons. The fraction of sp³-hybridized carbons (Fsp3) is 0.318. The molecular formula is C22H24BrFN4O3S. The molecule has 0 aliphatic heterocycles. The Morgan fingerprint density at radius 3 is 2.56 bits per heavy atom.